The molecule has 1 heterocycles. The van der Waals surface area contributed by atoms with Crippen molar-refractivity contribution in [3.8, 4) is 0 Å². The maximum Gasteiger partial charge on any atom is 0.0384 e. The lowest BCUT2D eigenvalue weighted by Gasteiger charge is -2.21. The molecule has 1 aliphatic heterocycles. The van der Waals surface area contributed by atoms with Crippen LogP contribution in [-0.2, 0) is 6.42 Å². The highest BCUT2D eigenvalue weighted by atomic mass is 35.5. The fourth-order valence-corrected chi connectivity index (χ4v) is 3.24. The molecule has 2 rings (SSSR count). The van der Waals surface area contributed by atoms with Crippen molar-refractivity contribution in [1.82, 2.24) is 0 Å². The summed E-state index contributed by atoms with van der Waals surface area (Å²) in [6.07, 6.45) is 3.70. The summed E-state index contributed by atoms with van der Waals surface area (Å²) in [7, 11) is 0. The van der Waals surface area contributed by atoms with E-state index in [1.165, 1.54) is 41.8 Å². The minimum Gasteiger partial charge on any atom is -0.385 e. The standard InChI is InChI=1S/C14H21NS.ClH/c1-3-5-12-6-7-14-13(10-12)11(2)16-9-4-8-15-14;/h6-7,10-11,15H,3-5,8-9H2,1-2H3;1H. The second-order valence-corrected chi connectivity index (χ2v) is 5.91. The maximum atomic E-state index is 3.55. The minimum absolute atomic E-state index is 0. The number of halogens is 1. The van der Waals surface area contributed by atoms with Crippen LogP contribution in [-0.4, -0.2) is 12.3 Å². The normalized spacial score (nSPS) is 19.3. The van der Waals surface area contributed by atoms with Gasteiger partial charge in [-0.25, -0.2) is 0 Å². The van der Waals surface area contributed by atoms with E-state index in [9.17, 15) is 0 Å². The summed E-state index contributed by atoms with van der Waals surface area (Å²) in [6, 6.07) is 6.94. The molecule has 1 nitrogen and oxygen atoms in total. The molecule has 0 amide bonds. The molecule has 1 N–H and O–H groups in total. The monoisotopic (exact) mass is 271 g/mol. The molecular weight excluding hydrogens is 250 g/mol. The Labute approximate surface area is 115 Å². The first kappa shape index (κ1) is 14.7. The van der Waals surface area contributed by atoms with Crippen LogP contribution in [0, 0.1) is 0 Å². The van der Waals surface area contributed by atoms with E-state index in [1.54, 1.807) is 0 Å². The topological polar surface area (TPSA) is 12.0 Å². The van der Waals surface area contributed by atoms with E-state index in [0.29, 0.717) is 5.25 Å². The fourth-order valence-electron chi connectivity index (χ4n) is 2.20. The molecule has 17 heavy (non-hydrogen) atoms. The van der Waals surface area contributed by atoms with Crippen molar-refractivity contribution >= 4 is 29.9 Å². The van der Waals surface area contributed by atoms with Gasteiger partial charge in [-0.15, -0.1) is 12.4 Å². The van der Waals surface area contributed by atoms with Gasteiger partial charge in [-0.3, -0.25) is 0 Å². The number of nitrogens with one attached hydrogen (secondary N) is 1. The number of thioether (sulfide) groups is 1. The van der Waals surface area contributed by atoms with Gasteiger partial charge < -0.3 is 5.32 Å². The third-order valence-corrected chi connectivity index (χ3v) is 4.38. The number of rotatable bonds is 2. The van der Waals surface area contributed by atoms with Crippen molar-refractivity contribution in [2.75, 3.05) is 17.6 Å². The van der Waals surface area contributed by atoms with Crippen LogP contribution in [0.4, 0.5) is 5.69 Å². The van der Waals surface area contributed by atoms with Crippen molar-refractivity contribution < 1.29 is 0 Å². The molecule has 96 valence electrons. The molecule has 3 heteroatoms. The molecule has 1 aromatic rings. The average molecular weight is 272 g/mol. The first-order chi connectivity index (χ1) is 7.81. The summed E-state index contributed by atoms with van der Waals surface area (Å²) in [5, 5.41) is 4.18. The molecule has 0 fully saturated rings. The van der Waals surface area contributed by atoms with Gasteiger partial charge in [0.05, 0.1) is 0 Å². The van der Waals surface area contributed by atoms with Crippen LogP contribution in [0.2, 0.25) is 0 Å². The summed E-state index contributed by atoms with van der Waals surface area (Å²) in [4.78, 5) is 0. The predicted molar refractivity (Wildman–Crippen MR) is 81.7 cm³/mol. The molecule has 0 aromatic heterocycles. The molecule has 0 radical (unpaired) electrons. The van der Waals surface area contributed by atoms with Gasteiger partial charge >= 0.3 is 0 Å². The highest BCUT2D eigenvalue weighted by Gasteiger charge is 2.13. The van der Waals surface area contributed by atoms with E-state index >= 15 is 0 Å². The Balaban J connectivity index is 0.00000144. The van der Waals surface area contributed by atoms with Gasteiger partial charge in [0, 0.05) is 17.5 Å². The van der Waals surface area contributed by atoms with E-state index in [0.717, 1.165) is 6.54 Å². The summed E-state index contributed by atoms with van der Waals surface area (Å²) >= 11 is 2.08. The Bertz CT molecular complexity index is 354. The van der Waals surface area contributed by atoms with Gasteiger partial charge in [0.15, 0.2) is 0 Å². The quantitative estimate of drug-likeness (QED) is 0.839. The summed E-state index contributed by atoms with van der Waals surface area (Å²) < 4.78 is 0. The van der Waals surface area contributed by atoms with E-state index in [4.69, 9.17) is 0 Å². The number of benzene rings is 1. The zero-order valence-corrected chi connectivity index (χ0v) is 12.3. The summed E-state index contributed by atoms with van der Waals surface area (Å²) in [5.74, 6) is 1.27. The van der Waals surface area contributed by atoms with Gasteiger partial charge in [0.1, 0.15) is 0 Å². The Hall–Kier alpha value is -0.340. The van der Waals surface area contributed by atoms with E-state index < -0.39 is 0 Å². The van der Waals surface area contributed by atoms with Crippen molar-refractivity contribution in [3.05, 3.63) is 29.3 Å². The second kappa shape index (κ2) is 7.17. The Morgan fingerprint density at radius 3 is 3.00 bits per heavy atom. The third kappa shape index (κ3) is 3.82. The molecular formula is C14H22ClNS. The molecule has 0 aliphatic carbocycles. The number of hydrogen-bond acceptors (Lipinski definition) is 2. The smallest absolute Gasteiger partial charge is 0.0384 e. The van der Waals surface area contributed by atoms with Crippen molar-refractivity contribution in [2.24, 2.45) is 0 Å². The third-order valence-electron chi connectivity index (χ3n) is 3.10. The lowest BCUT2D eigenvalue weighted by atomic mass is 10.0. The number of aryl methyl sites for hydroxylation is 1. The van der Waals surface area contributed by atoms with Gasteiger partial charge in [0.2, 0.25) is 0 Å². The van der Waals surface area contributed by atoms with Crippen LogP contribution in [0.5, 0.6) is 0 Å². The molecule has 0 saturated heterocycles. The molecule has 1 aliphatic rings. The lowest BCUT2D eigenvalue weighted by Crippen LogP contribution is -2.10. The van der Waals surface area contributed by atoms with Gasteiger partial charge in [0.25, 0.3) is 0 Å². The SMILES string of the molecule is CCCc1ccc2c(c1)C(C)SCCCN2.Cl. The van der Waals surface area contributed by atoms with Gasteiger partial charge in [-0.1, -0.05) is 25.5 Å². The van der Waals surface area contributed by atoms with Gasteiger partial charge in [-0.2, -0.15) is 11.8 Å². The average Bonchev–Trinajstić information content (AvgIpc) is 2.27. The summed E-state index contributed by atoms with van der Waals surface area (Å²) in [5.41, 5.74) is 4.33. The molecule has 1 aromatic carbocycles. The molecule has 1 unspecified atom stereocenters. The second-order valence-electron chi connectivity index (χ2n) is 4.46. The van der Waals surface area contributed by atoms with E-state index in [1.807, 2.05) is 0 Å². The number of anilines is 1. The zero-order chi connectivity index (χ0) is 11.4. The Kier molecular flexibility index (Phi) is 6.21. The predicted octanol–water partition coefficient (Wildman–Crippen LogP) is 4.67. The zero-order valence-electron chi connectivity index (χ0n) is 10.7. The van der Waals surface area contributed by atoms with Crippen LogP contribution in [0.15, 0.2) is 18.2 Å². The minimum atomic E-state index is 0. The van der Waals surface area contributed by atoms with E-state index in [2.05, 4.69) is 49.1 Å². The van der Waals surface area contributed by atoms with E-state index in [-0.39, 0.29) is 12.4 Å². The molecule has 1 atom stereocenters. The maximum absolute atomic E-state index is 3.55. The first-order valence-electron chi connectivity index (χ1n) is 6.29. The molecule has 0 saturated carbocycles. The van der Waals surface area contributed by atoms with Crippen LogP contribution in [0.25, 0.3) is 0 Å². The molecule has 0 spiro atoms. The summed E-state index contributed by atoms with van der Waals surface area (Å²) in [6.45, 7) is 5.68. The van der Waals surface area contributed by atoms with Crippen molar-refractivity contribution in [1.29, 1.82) is 0 Å². The highest BCUT2D eigenvalue weighted by Crippen LogP contribution is 2.35. The first-order valence-corrected chi connectivity index (χ1v) is 7.34. The Morgan fingerprint density at radius 2 is 2.24 bits per heavy atom. The van der Waals surface area contributed by atoms with Crippen molar-refractivity contribution in [2.45, 2.75) is 38.4 Å². The van der Waals surface area contributed by atoms with Crippen LogP contribution in [0.3, 0.4) is 0 Å². The lowest BCUT2D eigenvalue weighted by molar-refractivity contribution is 0.910. The highest BCUT2D eigenvalue weighted by molar-refractivity contribution is 7.99. The van der Waals surface area contributed by atoms with Crippen LogP contribution >= 0.6 is 24.2 Å². The number of hydrogen-bond donors (Lipinski definition) is 1. The van der Waals surface area contributed by atoms with Crippen molar-refractivity contribution in [3.63, 3.8) is 0 Å². The van der Waals surface area contributed by atoms with Gasteiger partial charge in [-0.05, 0) is 42.7 Å². The number of fused-ring (bicyclic) bond motifs is 1. The van der Waals surface area contributed by atoms with Crippen LogP contribution in [0.1, 0.15) is 43.1 Å². The molecule has 0 bridgehead atoms. The van der Waals surface area contributed by atoms with Crippen LogP contribution < -0.4 is 5.32 Å². The largest absolute Gasteiger partial charge is 0.385 e. The Morgan fingerprint density at radius 1 is 1.41 bits per heavy atom. The fraction of sp³-hybridized carbons (Fsp3) is 0.571.